The van der Waals surface area contributed by atoms with Gasteiger partial charge in [0, 0.05) is 32.4 Å². The van der Waals surface area contributed by atoms with E-state index in [1.807, 2.05) is 0 Å². The van der Waals surface area contributed by atoms with Crippen molar-refractivity contribution in [1.29, 1.82) is 0 Å². The Labute approximate surface area is 82.1 Å². The third-order valence-electron chi connectivity index (χ3n) is 1.89. The van der Waals surface area contributed by atoms with E-state index in [9.17, 15) is 9.59 Å². The number of carbonyl (C=O) groups excluding carboxylic acids is 1. The zero-order chi connectivity index (χ0) is 10.6. The number of nitrogens with zero attached hydrogens (tertiary/aromatic N) is 2. The molecule has 0 fully saturated rings. The summed E-state index contributed by atoms with van der Waals surface area (Å²) in [4.78, 5) is 23.2. The molecule has 0 unspecified atom stereocenters. The van der Waals surface area contributed by atoms with Crippen molar-refractivity contribution in [2.45, 2.75) is 6.54 Å². The second-order valence-electron chi connectivity index (χ2n) is 3.11. The van der Waals surface area contributed by atoms with Crippen molar-refractivity contribution < 1.29 is 4.79 Å². The van der Waals surface area contributed by atoms with Crippen LogP contribution in [0.2, 0.25) is 0 Å². The van der Waals surface area contributed by atoms with Gasteiger partial charge in [-0.2, -0.15) is 0 Å². The van der Waals surface area contributed by atoms with E-state index in [1.54, 1.807) is 43.3 Å². The molecule has 1 aromatic heterocycles. The van der Waals surface area contributed by atoms with E-state index in [1.165, 1.54) is 10.8 Å². The summed E-state index contributed by atoms with van der Waals surface area (Å²) >= 11 is 0. The highest BCUT2D eigenvalue weighted by atomic mass is 16.1. The molecule has 74 valence electrons. The molecule has 0 radical (unpaired) electrons. The van der Waals surface area contributed by atoms with Gasteiger partial charge in [0.1, 0.15) is 5.94 Å². The first-order chi connectivity index (χ1) is 6.65. The van der Waals surface area contributed by atoms with Crippen LogP contribution in [0.15, 0.2) is 29.3 Å². The van der Waals surface area contributed by atoms with Crippen LogP contribution in [0.3, 0.4) is 0 Å². The molecule has 0 amide bonds. The molecule has 0 saturated carbocycles. The van der Waals surface area contributed by atoms with Gasteiger partial charge in [-0.05, 0) is 6.07 Å². The molecule has 1 heterocycles. The molecular weight excluding hydrogens is 180 g/mol. The van der Waals surface area contributed by atoms with Crippen molar-refractivity contribution >= 4 is 5.94 Å². The van der Waals surface area contributed by atoms with E-state index in [0.29, 0.717) is 12.1 Å². The second-order valence-corrected chi connectivity index (χ2v) is 3.11. The molecular formula is C10H12N2O2. The van der Waals surface area contributed by atoms with E-state index >= 15 is 0 Å². The van der Waals surface area contributed by atoms with Crippen LogP contribution in [0.5, 0.6) is 0 Å². The Balaban J connectivity index is 2.92. The van der Waals surface area contributed by atoms with Crippen LogP contribution < -0.4 is 5.56 Å². The van der Waals surface area contributed by atoms with Gasteiger partial charge in [0.25, 0.3) is 5.56 Å². The summed E-state index contributed by atoms with van der Waals surface area (Å²) in [6.45, 7) is 0.419. The fraction of sp³-hybridized carbons (Fsp3) is 0.300. The third-order valence-corrected chi connectivity index (χ3v) is 1.89. The summed E-state index contributed by atoms with van der Waals surface area (Å²) in [6.07, 6.45) is 2.97. The monoisotopic (exact) mass is 192 g/mol. The number of aromatic nitrogens is 1. The summed E-state index contributed by atoms with van der Waals surface area (Å²) < 4.78 is 1.51. The number of aryl methyl sites for hydroxylation is 1. The van der Waals surface area contributed by atoms with Crippen molar-refractivity contribution in [3.05, 3.63) is 40.4 Å². The Kier molecular flexibility index (Phi) is 3.26. The maximum atomic E-state index is 11.5. The summed E-state index contributed by atoms with van der Waals surface area (Å²) in [6, 6.07) is 3.55. The summed E-state index contributed by atoms with van der Waals surface area (Å²) in [7, 11) is 3.42. The molecule has 0 bridgehead atoms. The van der Waals surface area contributed by atoms with Crippen molar-refractivity contribution in [1.82, 2.24) is 9.47 Å². The minimum absolute atomic E-state index is 0.0429. The van der Waals surface area contributed by atoms with Gasteiger partial charge < -0.3 is 9.47 Å². The Morgan fingerprint density at radius 2 is 2.36 bits per heavy atom. The van der Waals surface area contributed by atoms with Crippen LogP contribution in [-0.4, -0.2) is 22.5 Å². The molecule has 0 atom stereocenters. The molecule has 4 nitrogen and oxygen atoms in total. The molecule has 0 N–H and O–H groups in total. The van der Waals surface area contributed by atoms with Crippen LogP contribution in [0.4, 0.5) is 0 Å². The maximum Gasteiger partial charge on any atom is 0.255 e. The van der Waals surface area contributed by atoms with Gasteiger partial charge in [0.15, 0.2) is 0 Å². The van der Waals surface area contributed by atoms with Gasteiger partial charge in [-0.15, -0.1) is 0 Å². The molecule has 14 heavy (non-hydrogen) atoms. The smallest absolute Gasteiger partial charge is 0.255 e. The van der Waals surface area contributed by atoms with Gasteiger partial charge in [-0.25, -0.2) is 4.79 Å². The minimum atomic E-state index is -0.0429. The topological polar surface area (TPSA) is 42.3 Å². The first-order valence-corrected chi connectivity index (χ1v) is 4.21. The zero-order valence-electron chi connectivity index (χ0n) is 8.23. The highest BCUT2D eigenvalue weighted by Crippen LogP contribution is 1.96. The van der Waals surface area contributed by atoms with Crippen molar-refractivity contribution in [3.8, 4) is 0 Å². The Bertz CT molecular complexity index is 416. The molecule has 0 spiro atoms. The molecule has 0 aromatic carbocycles. The lowest BCUT2D eigenvalue weighted by Crippen LogP contribution is -2.24. The summed E-state index contributed by atoms with van der Waals surface area (Å²) in [5.74, 6) is 1.66. The third kappa shape index (κ3) is 2.34. The lowest BCUT2D eigenvalue weighted by atomic mass is 10.2. The van der Waals surface area contributed by atoms with E-state index < -0.39 is 0 Å². The second kappa shape index (κ2) is 4.44. The lowest BCUT2D eigenvalue weighted by molar-refractivity contribution is 0.446. The van der Waals surface area contributed by atoms with Gasteiger partial charge in [0.2, 0.25) is 0 Å². The predicted octanol–water partition coefficient (Wildman–Crippen LogP) is 0.162. The first-order valence-electron chi connectivity index (χ1n) is 4.21. The van der Waals surface area contributed by atoms with E-state index in [-0.39, 0.29) is 5.56 Å². The highest BCUT2D eigenvalue weighted by molar-refractivity contribution is 5.44. The first kappa shape index (κ1) is 10.3. The summed E-state index contributed by atoms with van der Waals surface area (Å²) in [5.41, 5.74) is 0.614. The molecule has 1 rings (SSSR count). The molecule has 0 aliphatic rings. The van der Waals surface area contributed by atoms with E-state index in [0.717, 1.165) is 0 Å². The van der Waals surface area contributed by atoms with Crippen LogP contribution in [0.1, 0.15) is 5.56 Å². The molecule has 0 saturated heterocycles. The quantitative estimate of drug-likeness (QED) is 0.641. The Hall–Kier alpha value is -1.80. The number of rotatable bonds is 3. The van der Waals surface area contributed by atoms with Crippen LogP contribution in [0.25, 0.3) is 0 Å². The Morgan fingerprint density at radius 3 is 3.00 bits per heavy atom. The minimum Gasteiger partial charge on any atom is -0.367 e. The van der Waals surface area contributed by atoms with Gasteiger partial charge in [-0.3, -0.25) is 4.79 Å². The van der Waals surface area contributed by atoms with Gasteiger partial charge in [0.05, 0.1) is 6.20 Å². The average Bonchev–Trinajstić information content (AvgIpc) is 2.13. The highest BCUT2D eigenvalue weighted by Gasteiger charge is 2.01. The normalized spacial score (nSPS) is 9.29. The van der Waals surface area contributed by atoms with Crippen LogP contribution in [0, 0.1) is 0 Å². The van der Waals surface area contributed by atoms with Crippen LogP contribution in [-0.2, 0) is 18.4 Å². The summed E-state index contributed by atoms with van der Waals surface area (Å²) in [5, 5.41) is 0. The van der Waals surface area contributed by atoms with Gasteiger partial charge in [-0.1, -0.05) is 6.07 Å². The van der Waals surface area contributed by atoms with E-state index in [4.69, 9.17) is 0 Å². The van der Waals surface area contributed by atoms with Crippen LogP contribution >= 0.6 is 0 Å². The largest absolute Gasteiger partial charge is 0.367 e. The SMILES string of the molecule is CN(C=C=O)Cc1cccn(C)c1=O. The number of hydrogen-bond donors (Lipinski definition) is 0. The average molecular weight is 192 g/mol. The Morgan fingerprint density at radius 1 is 1.64 bits per heavy atom. The van der Waals surface area contributed by atoms with Crippen molar-refractivity contribution in [3.63, 3.8) is 0 Å². The predicted molar refractivity (Wildman–Crippen MR) is 53.4 cm³/mol. The fourth-order valence-electron chi connectivity index (χ4n) is 1.18. The lowest BCUT2D eigenvalue weighted by Gasteiger charge is -2.11. The maximum absolute atomic E-state index is 11.5. The molecule has 4 heteroatoms. The molecule has 1 aromatic rings. The van der Waals surface area contributed by atoms with E-state index in [2.05, 4.69) is 0 Å². The van der Waals surface area contributed by atoms with Gasteiger partial charge >= 0.3 is 0 Å². The van der Waals surface area contributed by atoms with Crippen molar-refractivity contribution in [2.75, 3.05) is 7.05 Å². The molecule has 0 aliphatic carbocycles. The number of pyridine rings is 1. The van der Waals surface area contributed by atoms with Crippen molar-refractivity contribution in [2.24, 2.45) is 7.05 Å². The molecule has 0 aliphatic heterocycles. The standard InChI is InChI=1S/C10H12N2O2/c1-11(6-7-13)8-9-4-3-5-12(2)10(9)14/h3-6H,8H2,1-2H3. The number of hydrogen-bond acceptors (Lipinski definition) is 3. The zero-order valence-corrected chi connectivity index (χ0v) is 8.23. The fourth-order valence-corrected chi connectivity index (χ4v) is 1.18.